The largest absolute Gasteiger partial charge is 0.309 e. The second kappa shape index (κ2) is 29.2. The van der Waals surface area contributed by atoms with E-state index in [1.165, 1.54) is 176 Å². The molecule has 0 bridgehead atoms. The molecule has 0 spiro atoms. The zero-order valence-electron chi connectivity index (χ0n) is 69.8. The van der Waals surface area contributed by atoms with E-state index in [0.29, 0.717) is 0 Å². The smallest absolute Gasteiger partial charge is 0.0709 e. The van der Waals surface area contributed by atoms with Crippen LogP contribution in [0.15, 0.2) is 443 Å². The molecule has 22 aromatic carbocycles. The van der Waals surface area contributed by atoms with Gasteiger partial charge in [0.2, 0.25) is 0 Å². The molecule has 596 valence electrons. The molecular weight excluding hydrogens is 1600 g/mol. The van der Waals surface area contributed by atoms with E-state index in [1.54, 1.807) is 0 Å². The average molecular weight is 1670 g/mol. The first-order chi connectivity index (χ1) is 63.9. The Balaban J connectivity index is 0.637. The van der Waals surface area contributed by atoms with E-state index in [0.717, 1.165) is 100 Å². The highest BCUT2D eigenvalue weighted by Crippen LogP contribution is 2.52. The van der Waals surface area contributed by atoms with Gasteiger partial charge in [0.15, 0.2) is 0 Å². The Hall–Kier alpha value is -16.3. The molecule has 0 atom stereocenters. The fourth-order valence-electron chi connectivity index (χ4n) is 21.4. The minimum Gasteiger partial charge on any atom is -0.309 e. The number of benzene rings is 22. The summed E-state index contributed by atoms with van der Waals surface area (Å²) in [6.45, 7) is 0. The van der Waals surface area contributed by atoms with Gasteiger partial charge in [0.25, 0.3) is 0 Å². The van der Waals surface area contributed by atoms with Crippen LogP contribution < -0.4 is 0 Å². The van der Waals surface area contributed by atoms with E-state index >= 15 is 0 Å². The molecule has 0 fully saturated rings. The van der Waals surface area contributed by atoms with Crippen LogP contribution >= 0.6 is 22.7 Å². The maximum absolute atomic E-state index is 5.59. The molecule has 0 aliphatic heterocycles. The highest BCUT2D eigenvalue weighted by atomic mass is 32.1. The number of aromatic nitrogens is 3. The van der Waals surface area contributed by atoms with Crippen molar-refractivity contribution in [2.24, 2.45) is 0 Å². The number of hydrogen-bond acceptors (Lipinski definition) is 4. The van der Waals surface area contributed by atoms with Crippen LogP contribution in [-0.2, 0) is 0 Å². The van der Waals surface area contributed by atoms with Gasteiger partial charge >= 0.3 is 0 Å². The molecule has 0 saturated carbocycles. The Labute approximate surface area is 750 Å². The summed E-state index contributed by atoms with van der Waals surface area (Å²) in [7, 11) is 0. The van der Waals surface area contributed by atoms with E-state index in [2.05, 4.69) is 448 Å². The lowest BCUT2D eigenvalue weighted by Gasteiger charge is -2.19. The summed E-state index contributed by atoms with van der Waals surface area (Å²) in [5.74, 6) is 0. The number of rotatable bonds is 11. The lowest BCUT2D eigenvalue weighted by molar-refractivity contribution is 1.18. The van der Waals surface area contributed by atoms with Gasteiger partial charge in [-0.25, -0.2) is 0 Å². The van der Waals surface area contributed by atoms with Crippen LogP contribution in [0.1, 0.15) is 0 Å². The van der Waals surface area contributed by atoms with Gasteiger partial charge in [0.05, 0.1) is 22.4 Å². The Morgan fingerprint density at radius 3 is 1.11 bits per heavy atom. The van der Waals surface area contributed by atoms with Crippen LogP contribution in [-0.4, -0.2) is 14.5 Å². The summed E-state index contributed by atoms with van der Waals surface area (Å²) in [5.41, 5.74) is 26.0. The van der Waals surface area contributed by atoms with Crippen LogP contribution in [0.5, 0.6) is 0 Å². The molecule has 129 heavy (non-hydrogen) atoms. The van der Waals surface area contributed by atoms with Crippen molar-refractivity contribution in [3.05, 3.63) is 443 Å². The molecule has 0 N–H and O–H groups in total. The fourth-order valence-corrected chi connectivity index (χ4v) is 23.9. The Morgan fingerprint density at radius 2 is 0.504 bits per heavy atom. The summed E-state index contributed by atoms with van der Waals surface area (Å²) in [6, 6.07) is 161. The predicted octanol–water partition coefficient (Wildman–Crippen LogP) is 35.4. The van der Waals surface area contributed by atoms with E-state index in [-0.39, 0.29) is 0 Å². The van der Waals surface area contributed by atoms with Crippen LogP contribution in [0.2, 0.25) is 0 Å². The summed E-state index contributed by atoms with van der Waals surface area (Å²) >= 11 is 3.78. The van der Waals surface area contributed by atoms with Gasteiger partial charge in [-0.2, -0.15) is 0 Å². The number of fused-ring (bicyclic) bond motifs is 27. The molecule has 0 aliphatic carbocycles. The van der Waals surface area contributed by atoms with Crippen LogP contribution in [0.3, 0.4) is 0 Å². The van der Waals surface area contributed by atoms with E-state index in [9.17, 15) is 0 Å². The summed E-state index contributed by atoms with van der Waals surface area (Å²) in [6.07, 6.45) is 4.24. The van der Waals surface area contributed by atoms with Crippen LogP contribution in [0.25, 0.3) is 276 Å². The van der Waals surface area contributed by atoms with Gasteiger partial charge in [-0.1, -0.05) is 315 Å². The van der Waals surface area contributed by atoms with Gasteiger partial charge in [-0.3, -0.25) is 9.97 Å². The number of pyridine rings is 2. The number of nitrogens with zero attached hydrogens (tertiary/aromatic N) is 3. The molecule has 0 saturated heterocycles. The Bertz CT molecular complexity index is 9430. The minimum atomic E-state index is 0.907. The molecule has 0 aliphatic rings. The van der Waals surface area contributed by atoms with E-state index in [4.69, 9.17) is 9.97 Å². The highest BCUT2D eigenvalue weighted by Gasteiger charge is 2.25. The van der Waals surface area contributed by atoms with Crippen molar-refractivity contribution in [1.82, 2.24) is 14.5 Å². The zero-order valence-corrected chi connectivity index (χ0v) is 71.4. The molecule has 0 unspecified atom stereocenters. The molecule has 0 radical (unpaired) electrons. The third kappa shape index (κ3) is 11.7. The minimum absolute atomic E-state index is 0.907. The van der Waals surface area contributed by atoms with Gasteiger partial charge in [-0.15, -0.1) is 22.7 Å². The number of thiophene rings is 2. The molecule has 5 aromatic heterocycles. The highest BCUT2D eigenvalue weighted by molar-refractivity contribution is 7.27. The van der Waals surface area contributed by atoms with Crippen molar-refractivity contribution < 1.29 is 0 Å². The molecule has 3 nitrogen and oxygen atoms in total. The third-order valence-electron chi connectivity index (χ3n) is 27.4. The molecule has 27 rings (SSSR count). The normalized spacial score (nSPS) is 12.0. The second-order valence-corrected chi connectivity index (χ2v) is 36.5. The fraction of sp³-hybridized carbons (Fsp3) is 0. The first kappa shape index (κ1) is 73.1. The third-order valence-corrected chi connectivity index (χ3v) is 29.9. The van der Waals surface area contributed by atoms with E-state index < -0.39 is 0 Å². The topological polar surface area (TPSA) is 30.7 Å². The number of hydrogen-bond donors (Lipinski definition) is 0. The molecule has 5 heteroatoms. The van der Waals surface area contributed by atoms with Gasteiger partial charge in [0, 0.05) is 96.7 Å². The summed E-state index contributed by atoms with van der Waals surface area (Å²) in [5, 5.41) is 29.1. The monoisotopic (exact) mass is 1670 g/mol. The maximum Gasteiger partial charge on any atom is 0.0709 e. The van der Waals surface area contributed by atoms with Crippen molar-refractivity contribution in [2.75, 3.05) is 0 Å². The summed E-state index contributed by atoms with van der Waals surface area (Å²) in [4.78, 5) is 10.9. The van der Waals surface area contributed by atoms with Crippen molar-refractivity contribution in [3.63, 3.8) is 0 Å². The van der Waals surface area contributed by atoms with Crippen LogP contribution in [0, 0.1) is 0 Å². The first-order valence-electron chi connectivity index (χ1n) is 44.3. The van der Waals surface area contributed by atoms with Crippen molar-refractivity contribution in [1.29, 1.82) is 0 Å². The van der Waals surface area contributed by atoms with Gasteiger partial charge in [0.1, 0.15) is 0 Å². The second-order valence-electron chi connectivity index (χ2n) is 34.5. The first-order valence-corrected chi connectivity index (χ1v) is 45.9. The van der Waals surface area contributed by atoms with E-state index in [1.807, 2.05) is 22.7 Å². The van der Waals surface area contributed by atoms with Crippen LogP contribution in [0.4, 0.5) is 0 Å². The Morgan fingerprint density at radius 1 is 0.155 bits per heavy atom. The zero-order chi connectivity index (χ0) is 84.5. The lowest BCUT2D eigenvalue weighted by Crippen LogP contribution is -1.93. The molecule has 27 aromatic rings. The van der Waals surface area contributed by atoms with Crippen molar-refractivity contribution >= 4 is 182 Å². The quantitative estimate of drug-likeness (QED) is 0.121. The van der Waals surface area contributed by atoms with Gasteiger partial charge < -0.3 is 4.57 Å². The molecule has 0 amide bonds. The SMILES string of the molecule is c1ccc(-c2cc(-c3ccc4c(c3)c3ccccc3c3cnc(-c5cccc(-c6cccc(-c7cccc8c7sc7ccccc78)c6)c5)cc43)cc3c2sc2c(-c4cc(-c5cc6c7ccccc7c7ccccc7c6cn5)cc(-c5cc6c7ccccc7c7ccccc7c6cc5-c5cccc(-c6ccc7c(c6)c6ccccc6n7-c6ccccc6)c5)c4)cccc23)cc1. The van der Waals surface area contributed by atoms with Gasteiger partial charge in [-0.05, 0) is 285 Å². The maximum atomic E-state index is 5.59. The number of para-hydroxylation sites is 2. The molecule has 5 heterocycles. The average Bonchev–Trinajstić information content (AvgIpc) is 0.816. The summed E-state index contributed by atoms with van der Waals surface area (Å²) < 4.78 is 7.50. The predicted molar refractivity (Wildman–Crippen MR) is 554 cm³/mol. The Kier molecular flexibility index (Phi) is 16.5. The lowest BCUT2D eigenvalue weighted by atomic mass is 9.85. The van der Waals surface area contributed by atoms with Crippen molar-refractivity contribution in [3.8, 4) is 117 Å². The van der Waals surface area contributed by atoms with Crippen molar-refractivity contribution in [2.45, 2.75) is 0 Å². The standard InChI is InChI=1S/C124H73N3S2/c1-3-26-74(27-4-1)107-66-83(79-54-56-100-108(64-79)97-43-14-16-45-99(97)116-72-125-117(70-112(100)116)82-33-23-30-77(60-82)75-28-21-31-80(58-75)88-48-24-50-103-102-47-18-20-53-121(102)128-122(88)103)67-114-104-51-25-49-89(123(104)129-124(107)114)84-61-85(63-86(62-84)118-71-111-96-42-13-9-38-92(96)93-39-10-15-44-98(93)115(111)73-126-118)106-69-110-95-41-12-8-37-91(95)90-36-7-11-40-94(90)109(110)68-105(106)81-32-22-29-76(59-81)78-55-57-120-113(65-78)101-46-17-19-52-119(101)127(120)87-34-5-2-6-35-87/h1-73H. The molecular formula is C124H73N3S2.